The highest BCUT2D eigenvalue weighted by Gasteiger charge is 2.32. The largest absolute Gasteiger partial charge is 0.486 e. The van der Waals surface area contributed by atoms with Crippen molar-refractivity contribution >= 4 is 12.2 Å². The van der Waals surface area contributed by atoms with Crippen molar-refractivity contribution in [1.29, 1.82) is 0 Å². The van der Waals surface area contributed by atoms with Crippen LogP contribution in [-0.2, 0) is 12.6 Å². The number of fused-ring (bicyclic) bond motifs is 1. The molecule has 0 amide bonds. The van der Waals surface area contributed by atoms with E-state index < -0.39 is 17.6 Å². The molecule has 0 spiro atoms. The molecule has 6 heteroatoms. The van der Waals surface area contributed by atoms with E-state index in [0.717, 1.165) is 17.2 Å². The van der Waals surface area contributed by atoms with Crippen molar-refractivity contribution in [2.75, 3.05) is 13.2 Å². The molecule has 0 aliphatic carbocycles. The third-order valence-corrected chi connectivity index (χ3v) is 5.59. The van der Waals surface area contributed by atoms with Gasteiger partial charge in [-0.15, -0.1) is 0 Å². The van der Waals surface area contributed by atoms with Crippen LogP contribution in [0, 0.1) is 12.7 Å². The molecule has 0 aromatic heterocycles. The van der Waals surface area contributed by atoms with Crippen LogP contribution in [0.4, 0.5) is 17.6 Å². The number of alkyl halides is 3. The summed E-state index contributed by atoms with van der Waals surface area (Å²) in [6.07, 6.45) is -0.707. The molecule has 0 radical (unpaired) electrons. The van der Waals surface area contributed by atoms with E-state index in [2.05, 4.69) is 0 Å². The predicted molar refractivity (Wildman–Crippen MR) is 117 cm³/mol. The van der Waals surface area contributed by atoms with Gasteiger partial charge in [-0.1, -0.05) is 49.4 Å². The molecule has 166 valence electrons. The Hall–Kier alpha value is -3.28. The standard InChI is InChI=1S/C26H22F4O2/c1-3-17-7-11-22(26(28,29)30)19(15-17)9-8-18-5-4-6-20(16(18)2)21-10-12-23-25(24(21)27)32-14-13-31-23/h4-12,15H,3,13-14H2,1-2H3/b9-8+. The van der Waals surface area contributed by atoms with Gasteiger partial charge in [-0.3, -0.25) is 0 Å². The molecule has 0 saturated heterocycles. The van der Waals surface area contributed by atoms with Crippen LogP contribution in [0.1, 0.15) is 34.7 Å². The number of hydrogen-bond acceptors (Lipinski definition) is 2. The monoisotopic (exact) mass is 442 g/mol. The number of aryl methyl sites for hydroxylation is 1. The maximum Gasteiger partial charge on any atom is 0.416 e. The van der Waals surface area contributed by atoms with Crippen LogP contribution in [0.3, 0.4) is 0 Å². The van der Waals surface area contributed by atoms with E-state index in [1.807, 2.05) is 13.8 Å². The fourth-order valence-electron chi connectivity index (χ4n) is 3.82. The molecular formula is C26H22F4O2. The van der Waals surface area contributed by atoms with E-state index in [1.54, 1.807) is 42.5 Å². The highest BCUT2D eigenvalue weighted by Crippen LogP contribution is 2.40. The first-order valence-electron chi connectivity index (χ1n) is 10.4. The van der Waals surface area contributed by atoms with Gasteiger partial charge in [0.05, 0.1) is 5.56 Å². The van der Waals surface area contributed by atoms with Crippen molar-refractivity contribution in [3.05, 3.63) is 82.2 Å². The minimum absolute atomic E-state index is 0.0836. The van der Waals surface area contributed by atoms with Crippen molar-refractivity contribution < 1.29 is 27.0 Å². The summed E-state index contributed by atoms with van der Waals surface area (Å²) < 4.78 is 66.4. The fraction of sp³-hybridized carbons (Fsp3) is 0.231. The average Bonchev–Trinajstić information content (AvgIpc) is 2.78. The lowest BCUT2D eigenvalue weighted by Gasteiger charge is -2.20. The van der Waals surface area contributed by atoms with Gasteiger partial charge in [-0.05, 0) is 59.4 Å². The van der Waals surface area contributed by atoms with Crippen molar-refractivity contribution in [2.45, 2.75) is 26.4 Å². The summed E-state index contributed by atoms with van der Waals surface area (Å²) in [5.74, 6) is -0.0663. The van der Waals surface area contributed by atoms with Gasteiger partial charge in [0.25, 0.3) is 0 Å². The number of benzene rings is 3. The molecular weight excluding hydrogens is 420 g/mol. The van der Waals surface area contributed by atoms with Crippen LogP contribution in [0.15, 0.2) is 48.5 Å². The summed E-state index contributed by atoms with van der Waals surface area (Å²) in [4.78, 5) is 0. The second kappa shape index (κ2) is 8.69. The topological polar surface area (TPSA) is 18.5 Å². The van der Waals surface area contributed by atoms with Crippen LogP contribution >= 0.6 is 0 Å². The summed E-state index contributed by atoms with van der Waals surface area (Å²) in [6, 6.07) is 12.8. The van der Waals surface area contributed by atoms with Crippen LogP contribution in [0.25, 0.3) is 23.3 Å². The fourth-order valence-corrected chi connectivity index (χ4v) is 3.82. The van der Waals surface area contributed by atoms with E-state index >= 15 is 4.39 Å². The SMILES string of the molecule is CCc1ccc(C(F)(F)F)c(/C=C/c2cccc(-c3ccc4c(c3F)OCCO4)c2C)c1. The highest BCUT2D eigenvalue weighted by atomic mass is 19.4. The molecule has 4 rings (SSSR count). The lowest BCUT2D eigenvalue weighted by Crippen LogP contribution is -2.16. The van der Waals surface area contributed by atoms with E-state index in [1.165, 1.54) is 12.1 Å². The maximum absolute atomic E-state index is 15.1. The molecule has 3 aromatic carbocycles. The Morgan fingerprint density at radius 2 is 1.66 bits per heavy atom. The molecule has 0 unspecified atom stereocenters. The van der Waals surface area contributed by atoms with Gasteiger partial charge in [0.2, 0.25) is 0 Å². The zero-order chi connectivity index (χ0) is 22.9. The molecule has 3 aromatic rings. The number of hydrogen-bond donors (Lipinski definition) is 0. The van der Waals surface area contributed by atoms with Crippen molar-refractivity contribution in [3.8, 4) is 22.6 Å². The molecule has 0 bridgehead atoms. The summed E-state index contributed by atoms with van der Waals surface area (Å²) in [5.41, 5.74) is 2.68. The minimum atomic E-state index is -4.45. The minimum Gasteiger partial charge on any atom is -0.486 e. The maximum atomic E-state index is 15.1. The van der Waals surface area contributed by atoms with Gasteiger partial charge in [0.1, 0.15) is 13.2 Å². The van der Waals surface area contributed by atoms with E-state index in [4.69, 9.17) is 9.47 Å². The Morgan fingerprint density at radius 3 is 2.41 bits per heavy atom. The Morgan fingerprint density at radius 1 is 0.906 bits per heavy atom. The van der Waals surface area contributed by atoms with Crippen LogP contribution in [-0.4, -0.2) is 13.2 Å². The molecule has 32 heavy (non-hydrogen) atoms. The third kappa shape index (κ3) is 4.22. The smallest absolute Gasteiger partial charge is 0.416 e. The van der Waals surface area contributed by atoms with Gasteiger partial charge in [0.15, 0.2) is 17.3 Å². The van der Waals surface area contributed by atoms with Gasteiger partial charge in [-0.25, -0.2) is 4.39 Å². The molecule has 1 heterocycles. The predicted octanol–water partition coefficient (Wildman–Crippen LogP) is 7.32. The zero-order valence-electron chi connectivity index (χ0n) is 17.7. The first-order valence-corrected chi connectivity index (χ1v) is 10.4. The average molecular weight is 442 g/mol. The molecule has 2 nitrogen and oxygen atoms in total. The first kappa shape index (κ1) is 21.9. The van der Waals surface area contributed by atoms with Gasteiger partial charge in [0, 0.05) is 5.56 Å². The Bertz CT molecular complexity index is 1180. The van der Waals surface area contributed by atoms with Gasteiger partial charge < -0.3 is 9.47 Å². The highest BCUT2D eigenvalue weighted by molar-refractivity contribution is 5.79. The second-order valence-corrected chi connectivity index (χ2v) is 7.58. The van der Waals surface area contributed by atoms with Crippen LogP contribution in [0.2, 0.25) is 0 Å². The Labute approximate surface area is 184 Å². The van der Waals surface area contributed by atoms with Crippen molar-refractivity contribution in [1.82, 2.24) is 0 Å². The summed E-state index contributed by atoms with van der Waals surface area (Å²) in [5, 5.41) is 0. The zero-order valence-corrected chi connectivity index (χ0v) is 17.7. The Kier molecular flexibility index (Phi) is 5.96. The number of rotatable bonds is 4. The number of ether oxygens (including phenoxy) is 2. The van der Waals surface area contributed by atoms with Crippen LogP contribution in [0.5, 0.6) is 11.5 Å². The quantitative estimate of drug-likeness (QED) is 0.311. The van der Waals surface area contributed by atoms with E-state index in [-0.39, 0.29) is 17.9 Å². The summed E-state index contributed by atoms with van der Waals surface area (Å²) in [7, 11) is 0. The lowest BCUT2D eigenvalue weighted by molar-refractivity contribution is -0.137. The normalized spacial score (nSPS) is 13.6. The van der Waals surface area contributed by atoms with E-state index in [9.17, 15) is 13.2 Å². The number of halogens is 4. The van der Waals surface area contributed by atoms with Crippen LogP contribution < -0.4 is 9.47 Å². The molecule has 1 aliphatic rings. The van der Waals surface area contributed by atoms with Crippen molar-refractivity contribution in [2.24, 2.45) is 0 Å². The summed E-state index contributed by atoms with van der Waals surface area (Å²) >= 11 is 0. The summed E-state index contributed by atoms with van der Waals surface area (Å²) in [6.45, 7) is 4.35. The molecule has 0 fully saturated rings. The van der Waals surface area contributed by atoms with E-state index in [0.29, 0.717) is 35.5 Å². The van der Waals surface area contributed by atoms with Crippen molar-refractivity contribution in [3.63, 3.8) is 0 Å². The second-order valence-electron chi connectivity index (χ2n) is 7.58. The first-order chi connectivity index (χ1) is 15.3. The van der Waals surface area contributed by atoms with Gasteiger partial charge in [-0.2, -0.15) is 13.2 Å². The molecule has 1 aliphatic heterocycles. The lowest BCUT2D eigenvalue weighted by atomic mass is 9.94. The molecule has 0 saturated carbocycles. The molecule has 0 N–H and O–H groups in total. The molecule has 0 atom stereocenters. The van der Waals surface area contributed by atoms with Gasteiger partial charge >= 0.3 is 6.18 Å². The Balaban J connectivity index is 1.75. The third-order valence-electron chi connectivity index (χ3n) is 5.59.